The highest BCUT2D eigenvalue weighted by Crippen LogP contribution is 2.48. The maximum atomic E-state index is 13.7. The fourth-order valence-corrected chi connectivity index (χ4v) is 4.01. The number of methoxy groups -OCH3 is 1. The molecule has 1 aliphatic carbocycles. The van der Waals surface area contributed by atoms with Gasteiger partial charge in [-0.2, -0.15) is 0 Å². The van der Waals surface area contributed by atoms with E-state index in [-0.39, 0.29) is 5.82 Å². The van der Waals surface area contributed by atoms with Gasteiger partial charge >= 0.3 is 0 Å². The molecule has 0 amide bonds. The zero-order valence-electron chi connectivity index (χ0n) is 12.4. The fraction of sp³-hybridized carbons (Fsp3) is 0.647. The predicted molar refractivity (Wildman–Crippen MR) is 77.8 cm³/mol. The van der Waals surface area contributed by atoms with Crippen molar-refractivity contribution >= 4 is 0 Å². The van der Waals surface area contributed by atoms with Gasteiger partial charge in [-0.15, -0.1) is 0 Å². The first kappa shape index (κ1) is 13.5. The Morgan fingerprint density at radius 1 is 1.38 bits per heavy atom. The summed E-state index contributed by atoms with van der Waals surface area (Å²) in [5.41, 5.74) is 1.03. The number of ether oxygens (including phenoxy) is 2. The standard InChI is InChI=1S/C17H22FNO2/c1-20-9-12-8-19(7-11-2-3-11)17-14-6-13(18)4-5-16(14)21-10-15(12)17/h4-6,11-12,15,17H,2-3,7-10H2,1H3/t12-,15-,17-/m0/s1. The summed E-state index contributed by atoms with van der Waals surface area (Å²) >= 11 is 0. The van der Waals surface area contributed by atoms with E-state index in [1.165, 1.54) is 18.9 Å². The van der Waals surface area contributed by atoms with E-state index >= 15 is 0 Å². The molecule has 2 aliphatic heterocycles. The van der Waals surface area contributed by atoms with E-state index in [9.17, 15) is 4.39 Å². The van der Waals surface area contributed by atoms with E-state index in [1.54, 1.807) is 19.2 Å². The summed E-state index contributed by atoms with van der Waals surface area (Å²) in [6.07, 6.45) is 2.69. The molecular formula is C17H22FNO2. The minimum absolute atomic E-state index is 0.167. The number of hydrogen-bond donors (Lipinski definition) is 0. The third kappa shape index (κ3) is 2.44. The molecule has 2 fully saturated rings. The smallest absolute Gasteiger partial charge is 0.124 e. The van der Waals surface area contributed by atoms with Crippen LogP contribution in [0.3, 0.4) is 0 Å². The molecule has 4 rings (SSSR count). The van der Waals surface area contributed by atoms with E-state index in [2.05, 4.69) is 4.90 Å². The summed E-state index contributed by atoms with van der Waals surface area (Å²) in [7, 11) is 1.76. The van der Waals surface area contributed by atoms with Crippen LogP contribution in [0.4, 0.5) is 4.39 Å². The Bertz CT molecular complexity index is 532. The van der Waals surface area contributed by atoms with Crippen molar-refractivity contribution in [2.45, 2.75) is 18.9 Å². The molecule has 3 nitrogen and oxygen atoms in total. The number of benzene rings is 1. The molecule has 0 bridgehead atoms. The van der Waals surface area contributed by atoms with Gasteiger partial charge in [-0.05, 0) is 37.0 Å². The van der Waals surface area contributed by atoms with Crippen LogP contribution in [0.15, 0.2) is 18.2 Å². The van der Waals surface area contributed by atoms with Crippen LogP contribution in [-0.2, 0) is 4.74 Å². The SMILES string of the molecule is COC[C@@H]1CN(CC2CC2)[C@H]2c3cc(F)ccc3OC[C@@H]12. The lowest BCUT2D eigenvalue weighted by molar-refractivity contribution is 0.0982. The first-order valence-electron chi connectivity index (χ1n) is 7.91. The van der Waals surface area contributed by atoms with Gasteiger partial charge in [0.25, 0.3) is 0 Å². The van der Waals surface area contributed by atoms with E-state index in [0.29, 0.717) is 17.9 Å². The van der Waals surface area contributed by atoms with Crippen molar-refractivity contribution in [3.05, 3.63) is 29.6 Å². The normalized spacial score (nSPS) is 31.6. The highest BCUT2D eigenvalue weighted by Gasteiger charge is 2.47. The maximum Gasteiger partial charge on any atom is 0.124 e. The lowest BCUT2D eigenvalue weighted by atomic mass is 9.85. The number of hydrogen-bond acceptors (Lipinski definition) is 3. The van der Waals surface area contributed by atoms with Gasteiger partial charge in [0.1, 0.15) is 11.6 Å². The van der Waals surface area contributed by atoms with Gasteiger partial charge in [0, 0.05) is 43.6 Å². The lowest BCUT2D eigenvalue weighted by Crippen LogP contribution is -2.33. The second-order valence-corrected chi connectivity index (χ2v) is 6.71. The number of fused-ring (bicyclic) bond motifs is 3. The molecule has 0 spiro atoms. The molecule has 0 aromatic heterocycles. The summed E-state index contributed by atoms with van der Waals surface area (Å²) < 4.78 is 25.0. The van der Waals surface area contributed by atoms with E-state index in [0.717, 1.165) is 43.5 Å². The molecule has 3 atom stereocenters. The monoisotopic (exact) mass is 291 g/mol. The Morgan fingerprint density at radius 2 is 2.24 bits per heavy atom. The van der Waals surface area contributed by atoms with Gasteiger partial charge in [-0.1, -0.05) is 0 Å². The van der Waals surface area contributed by atoms with Crippen LogP contribution in [0.2, 0.25) is 0 Å². The predicted octanol–water partition coefficient (Wildman–Crippen LogP) is 2.86. The van der Waals surface area contributed by atoms with Crippen LogP contribution in [0.25, 0.3) is 0 Å². The van der Waals surface area contributed by atoms with Crippen LogP contribution in [0.5, 0.6) is 5.75 Å². The fourth-order valence-electron chi connectivity index (χ4n) is 4.01. The molecule has 3 aliphatic rings. The van der Waals surface area contributed by atoms with Gasteiger partial charge in [0.15, 0.2) is 0 Å². The van der Waals surface area contributed by atoms with Gasteiger partial charge in [0.05, 0.1) is 13.2 Å². The second kappa shape index (κ2) is 5.25. The van der Waals surface area contributed by atoms with Gasteiger partial charge in [0.2, 0.25) is 0 Å². The van der Waals surface area contributed by atoms with Crippen molar-refractivity contribution in [1.82, 2.24) is 4.90 Å². The van der Waals surface area contributed by atoms with Crippen LogP contribution in [0.1, 0.15) is 24.4 Å². The van der Waals surface area contributed by atoms with E-state index in [1.807, 2.05) is 0 Å². The Labute approximate surface area is 125 Å². The number of nitrogens with zero attached hydrogens (tertiary/aromatic N) is 1. The Balaban J connectivity index is 1.67. The Morgan fingerprint density at radius 3 is 3.00 bits per heavy atom. The molecule has 1 saturated heterocycles. The van der Waals surface area contributed by atoms with Gasteiger partial charge in [-0.25, -0.2) is 4.39 Å². The summed E-state index contributed by atoms with van der Waals surface area (Å²) in [5.74, 6) is 2.43. The maximum absolute atomic E-state index is 13.7. The Hall–Kier alpha value is -1.13. The van der Waals surface area contributed by atoms with Gasteiger partial charge in [-0.3, -0.25) is 4.90 Å². The lowest BCUT2D eigenvalue weighted by Gasteiger charge is -2.34. The molecular weight excluding hydrogens is 269 g/mol. The molecule has 114 valence electrons. The molecule has 0 radical (unpaired) electrons. The van der Waals surface area contributed by atoms with E-state index < -0.39 is 0 Å². The molecule has 2 heterocycles. The largest absolute Gasteiger partial charge is 0.493 e. The van der Waals surface area contributed by atoms with Gasteiger partial charge < -0.3 is 9.47 Å². The molecule has 1 aromatic carbocycles. The molecule has 1 saturated carbocycles. The number of halogens is 1. The van der Waals surface area contributed by atoms with Crippen LogP contribution >= 0.6 is 0 Å². The zero-order chi connectivity index (χ0) is 14.4. The van der Waals surface area contributed by atoms with Crippen LogP contribution < -0.4 is 4.74 Å². The van der Waals surface area contributed by atoms with Crippen molar-refractivity contribution in [2.24, 2.45) is 17.8 Å². The minimum Gasteiger partial charge on any atom is -0.493 e. The number of likely N-dealkylation sites (tertiary alicyclic amines) is 1. The van der Waals surface area contributed by atoms with Crippen molar-refractivity contribution in [3.63, 3.8) is 0 Å². The van der Waals surface area contributed by atoms with Crippen molar-refractivity contribution in [3.8, 4) is 5.75 Å². The average Bonchev–Trinajstić information content (AvgIpc) is 3.22. The first-order chi connectivity index (χ1) is 10.3. The summed E-state index contributed by atoms with van der Waals surface area (Å²) in [6, 6.07) is 5.23. The number of rotatable bonds is 4. The Kier molecular flexibility index (Phi) is 3.38. The molecule has 4 heteroatoms. The highest BCUT2D eigenvalue weighted by molar-refractivity contribution is 5.39. The molecule has 0 N–H and O–H groups in total. The van der Waals surface area contributed by atoms with E-state index in [4.69, 9.17) is 9.47 Å². The third-order valence-corrected chi connectivity index (χ3v) is 5.17. The molecule has 21 heavy (non-hydrogen) atoms. The van der Waals surface area contributed by atoms with Crippen molar-refractivity contribution in [1.29, 1.82) is 0 Å². The minimum atomic E-state index is -0.167. The zero-order valence-corrected chi connectivity index (χ0v) is 12.4. The third-order valence-electron chi connectivity index (χ3n) is 5.17. The van der Waals surface area contributed by atoms with Crippen LogP contribution in [-0.4, -0.2) is 38.3 Å². The quantitative estimate of drug-likeness (QED) is 0.851. The van der Waals surface area contributed by atoms with Crippen LogP contribution in [0, 0.1) is 23.6 Å². The highest BCUT2D eigenvalue weighted by atomic mass is 19.1. The molecule has 1 aromatic rings. The van der Waals surface area contributed by atoms with Crippen molar-refractivity contribution in [2.75, 3.05) is 33.4 Å². The second-order valence-electron chi connectivity index (χ2n) is 6.71. The molecule has 0 unspecified atom stereocenters. The summed E-state index contributed by atoms with van der Waals surface area (Å²) in [6.45, 7) is 3.66. The summed E-state index contributed by atoms with van der Waals surface area (Å²) in [5, 5.41) is 0. The summed E-state index contributed by atoms with van der Waals surface area (Å²) in [4.78, 5) is 2.55. The topological polar surface area (TPSA) is 21.7 Å². The first-order valence-corrected chi connectivity index (χ1v) is 7.91. The average molecular weight is 291 g/mol. The van der Waals surface area contributed by atoms with Crippen molar-refractivity contribution < 1.29 is 13.9 Å².